The Morgan fingerprint density at radius 3 is 2.18 bits per heavy atom. The van der Waals surface area contributed by atoms with Crippen molar-refractivity contribution >= 4 is 63.9 Å². The summed E-state index contributed by atoms with van der Waals surface area (Å²) in [5.74, 6) is 1.65. The van der Waals surface area contributed by atoms with Crippen molar-refractivity contribution in [1.29, 1.82) is 10.5 Å². The number of hydrogen-bond acceptors (Lipinski definition) is 12. The SMILES string of the molecule is CC(C)C(NC(=O)c1nc(NC2CCN(C)CC2)c([B]c2nc(NC3CCN(C)CC3)cc3c(/C=C/COc4ccccc4)c(C#N)oc23)c2cc(C#N)oc12)c1ccccc1. The minimum Gasteiger partial charge on any atom is -0.490 e. The number of carbonyl (C=O) groups is 1. The van der Waals surface area contributed by atoms with Gasteiger partial charge in [0.2, 0.25) is 18.8 Å². The van der Waals surface area contributed by atoms with E-state index in [0.717, 1.165) is 63.2 Å². The summed E-state index contributed by atoms with van der Waals surface area (Å²) in [7, 11) is 6.10. The minimum atomic E-state index is -0.420. The van der Waals surface area contributed by atoms with Crippen LogP contribution < -0.4 is 31.7 Å². The molecule has 6 heterocycles. The number of furan rings is 2. The van der Waals surface area contributed by atoms with Gasteiger partial charge in [0.05, 0.1) is 6.04 Å². The fourth-order valence-corrected chi connectivity index (χ4v) is 8.32. The molecule has 0 saturated carbocycles. The average molecular weight is 829 g/mol. The Hall–Kier alpha value is -6.61. The molecule has 8 rings (SSSR count). The molecule has 0 spiro atoms. The van der Waals surface area contributed by atoms with Gasteiger partial charge in [-0.1, -0.05) is 68.5 Å². The molecule has 3 N–H and O–H groups in total. The second-order valence-corrected chi connectivity index (χ2v) is 16.6. The number of nitriles is 2. The Kier molecular flexibility index (Phi) is 12.9. The zero-order valence-corrected chi connectivity index (χ0v) is 35.6. The molecular formula is C48H51BN9O4. The molecule has 0 aliphatic carbocycles. The lowest BCUT2D eigenvalue weighted by Crippen LogP contribution is -2.41. The van der Waals surface area contributed by atoms with Gasteiger partial charge in [0, 0.05) is 40.1 Å². The Balaban J connectivity index is 1.24. The highest BCUT2D eigenvalue weighted by atomic mass is 16.5. The average Bonchev–Trinajstić information content (AvgIpc) is 3.89. The number of rotatable bonds is 14. The molecule has 2 fully saturated rings. The Labute approximate surface area is 363 Å². The normalized spacial score (nSPS) is 16.0. The number of ether oxygens (including phenoxy) is 1. The van der Waals surface area contributed by atoms with Gasteiger partial charge in [0.1, 0.15) is 41.7 Å². The van der Waals surface area contributed by atoms with E-state index in [1.165, 1.54) is 0 Å². The second kappa shape index (κ2) is 19.0. The quantitative estimate of drug-likeness (QED) is 0.101. The van der Waals surface area contributed by atoms with Gasteiger partial charge in [0.25, 0.3) is 5.91 Å². The van der Waals surface area contributed by atoms with E-state index in [9.17, 15) is 15.3 Å². The number of carbonyl (C=O) groups excluding carboxylic acids is 1. The predicted octanol–water partition coefficient (Wildman–Crippen LogP) is 6.60. The van der Waals surface area contributed by atoms with Crippen LogP contribution in [-0.2, 0) is 0 Å². The summed E-state index contributed by atoms with van der Waals surface area (Å²) < 4.78 is 18.4. The van der Waals surface area contributed by atoms with Crippen molar-refractivity contribution in [2.24, 2.45) is 5.92 Å². The summed E-state index contributed by atoms with van der Waals surface area (Å²) in [6, 6.07) is 27.3. The van der Waals surface area contributed by atoms with E-state index in [2.05, 4.69) is 65.8 Å². The first kappa shape index (κ1) is 42.1. The molecular weight excluding hydrogens is 777 g/mol. The molecule has 1 atom stereocenters. The largest absolute Gasteiger partial charge is 0.490 e. The molecule has 14 heteroatoms. The van der Waals surface area contributed by atoms with Crippen LogP contribution >= 0.6 is 0 Å². The highest BCUT2D eigenvalue weighted by Gasteiger charge is 2.30. The lowest BCUT2D eigenvalue weighted by atomic mass is 9.65. The number of aromatic nitrogens is 2. The van der Waals surface area contributed by atoms with Gasteiger partial charge in [-0.3, -0.25) is 4.79 Å². The first-order valence-corrected chi connectivity index (χ1v) is 21.4. The van der Waals surface area contributed by atoms with E-state index in [1.54, 1.807) is 6.07 Å². The third-order valence-electron chi connectivity index (χ3n) is 11.8. The van der Waals surface area contributed by atoms with Gasteiger partial charge < -0.3 is 39.3 Å². The van der Waals surface area contributed by atoms with E-state index in [4.69, 9.17) is 23.5 Å². The zero-order valence-electron chi connectivity index (χ0n) is 35.6. The standard InChI is InChI=1S/C48H51BN9O4/c1-30(2)42(31-12-7-5-8-13-31)56-48(59)43-44-38(26-35(28-50)61-44)41(47(55-43)53-33-19-23-58(4)24-20-33)49-46-45-37(27-40(54-46)52-32-17-21-57(3)22-18-32)36(39(29-51)62-45)16-11-25-60-34-14-9-6-10-15-34/h5-16,26-27,30,32-33,42H,17-25H2,1-4H3,(H,52,54)(H,53,55)(H,56,59)/b16-11+. The molecule has 62 heavy (non-hydrogen) atoms. The van der Waals surface area contributed by atoms with Crippen LogP contribution in [0.3, 0.4) is 0 Å². The highest BCUT2D eigenvalue weighted by Crippen LogP contribution is 2.31. The van der Waals surface area contributed by atoms with Crippen LogP contribution in [0.1, 0.15) is 78.7 Å². The van der Waals surface area contributed by atoms with Gasteiger partial charge in [-0.2, -0.15) is 10.5 Å². The van der Waals surface area contributed by atoms with Crippen molar-refractivity contribution in [2.45, 2.75) is 57.7 Å². The summed E-state index contributed by atoms with van der Waals surface area (Å²) >= 11 is 0. The lowest BCUT2D eigenvalue weighted by molar-refractivity contribution is 0.0921. The van der Waals surface area contributed by atoms with Crippen LogP contribution in [0.15, 0.2) is 87.7 Å². The lowest BCUT2D eigenvalue weighted by Gasteiger charge is -2.30. The molecule has 13 nitrogen and oxygen atoms in total. The number of amides is 1. The minimum absolute atomic E-state index is 0.0381. The molecule has 1 unspecified atom stereocenters. The van der Waals surface area contributed by atoms with Crippen LogP contribution in [0, 0.1) is 28.6 Å². The van der Waals surface area contributed by atoms with Crippen LogP contribution in [0.4, 0.5) is 11.6 Å². The van der Waals surface area contributed by atoms with Crippen molar-refractivity contribution in [3.05, 3.63) is 107 Å². The van der Waals surface area contributed by atoms with Crippen LogP contribution in [0.25, 0.3) is 28.0 Å². The topological polar surface area (TPSA) is 169 Å². The summed E-state index contributed by atoms with van der Waals surface area (Å²) in [5.41, 5.74) is 3.27. The smallest absolute Gasteiger partial charge is 0.274 e. The number of piperidine rings is 2. The molecule has 2 aliphatic rings. The number of para-hydroxylation sites is 1. The van der Waals surface area contributed by atoms with Crippen molar-refractivity contribution < 1.29 is 18.4 Å². The maximum Gasteiger partial charge on any atom is 0.274 e. The molecule has 1 radical (unpaired) electrons. The molecule has 2 aromatic carbocycles. The predicted molar refractivity (Wildman–Crippen MR) is 243 cm³/mol. The maximum atomic E-state index is 14.4. The highest BCUT2D eigenvalue weighted by molar-refractivity contribution is 6.72. The number of hydrogen-bond donors (Lipinski definition) is 3. The fraction of sp³-hybridized carbons (Fsp3) is 0.354. The van der Waals surface area contributed by atoms with E-state index in [1.807, 2.05) is 86.2 Å². The van der Waals surface area contributed by atoms with Crippen molar-refractivity contribution in [3.63, 3.8) is 0 Å². The summed E-state index contributed by atoms with van der Waals surface area (Å²) in [6.07, 6.45) is 7.33. The molecule has 6 aromatic rings. The molecule has 2 saturated heterocycles. The first-order valence-electron chi connectivity index (χ1n) is 21.4. The third kappa shape index (κ3) is 9.47. The van der Waals surface area contributed by atoms with E-state index in [-0.39, 0.29) is 53.4 Å². The van der Waals surface area contributed by atoms with Gasteiger partial charge in [-0.25, -0.2) is 9.97 Å². The molecule has 1 amide bonds. The molecule has 2 aliphatic heterocycles. The monoisotopic (exact) mass is 828 g/mol. The number of nitrogens with zero attached hydrogens (tertiary/aromatic N) is 6. The number of anilines is 2. The number of likely N-dealkylation sites (tertiary alicyclic amines) is 2. The van der Waals surface area contributed by atoms with E-state index >= 15 is 0 Å². The van der Waals surface area contributed by atoms with E-state index < -0.39 is 5.91 Å². The maximum absolute atomic E-state index is 14.4. The summed E-state index contributed by atoms with van der Waals surface area (Å²) in [6.45, 7) is 8.11. The van der Waals surface area contributed by atoms with Crippen molar-refractivity contribution in [1.82, 2.24) is 25.1 Å². The number of benzene rings is 2. The number of fused-ring (bicyclic) bond motifs is 2. The van der Waals surface area contributed by atoms with Gasteiger partial charge in [-0.15, -0.1) is 0 Å². The second-order valence-electron chi connectivity index (χ2n) is 16.6. The van der Waals surface area contributed by atoms with E-state index in [0.29, 0.717) is 44.6 Å². The summed E-state index contributed by atoms with van der Waals surface area (Å²) in [5, 5.41) is 32.4. The van der Waals surface area contributed by atoms with Crippen molar-refractivity contribution in [3.8, 4) is 17.9 Å². The zero-order chi connectivity index (χ0) is 43.2. The number of pyridine rings is 2. The number of nitrogens with one attached hydrogen (secondary N) is 3. The van der Waals surface area contributed by atoms with Crippen LogP contribution in [-0.4, -0.2) is 91.9 Å². The molecule has 315 valence electrons. The third-order valence-corrected chi connectivity index (χ3v) is 11.8. The Morgan fingerprint density at radius 1 is 0.871 bits per heavy atom. The van der Waals surface area contributed by atoms with Crippen LogP contribution in [0.2, 0.25) is 0 Å². The molecule has 4 aromatic heterocycles. The van der Waals surface area contributed by atoms with Gasteiger partial charge >= 0.3 is 0 Å². The Morgan fingerprint density at radius 2 is 1.53 bits per heavy atom. The first-order chi connectivity index (χ1) is 30.2. The van der Waals surface area contributed by atoms with Crippen molar-refractivity contribution in [2.75, 3.05) is 57.5 Å². The fourth-order valence-electron chi connectivity index (χ4n) is 8.32. The summed E-state index contributed by atoms with van der Waals surface area (Å²) in [4.78, 5) is 29.3. The van der Waals surface area contributed by atoms with Gasteiger partial charge in [0.15, 0.2) is 11.3 Å². The van der Waals surface area contributed by atoms with Gasteiger partial charge in [-0.05, 0) is 107 Å². The molecule has 0 bridgehead atoms. The Bertz CT molecular complexity index is 2630. The van der Waals surface area contributed by atoms with Crippen LogP contribution in [0.5, 0.6) is 5.75 Å².